The van der Waals surface area contributed by atoms with Gasteiger partial charge in [0.05, 0.1) is 0 Å². The van der Waals surface area contributed by atoms with E-state index in [2.05, 4.69) is 49.9 Å². The van der Waals surface area contributed by atoms with Crippen molar-refractivity contribution in [3.8, 4) is 0 Å². The zero-order valence-corrected chi connectivity index (χ0v) is 15.5. The van der Waals surface area contributed by atoms with Crippen molar-refractivity contribution in [1.82, 2.24) is 0 Å². The van der Waals surface area contributed by atoms with E-state index in [0.29, 0.717) is 0 Å². The Bertz CT molecular complexity index is 546. The molecule has 0 heteroatoms. The summed E-state index contributed by atoms with van der Waals surface area (Å²) in [4.78, 5) is 0. The van der Waals surface area contributed by atoms with Crippen molar-refractivity contribution >= 4 is 5.57 Å². The highest BCUT2D eigenvalue weighted by Crippen LogP contribution is 2.42. The normalized spacial score (nSPS) is 27.5. The van der Waals surface area contributed by atoms with Gasteiger partial charge in [0.1, 0.15) is 0 Å². The summed E-state index contributed by atoms with van der Waals surface area (Å²) in [6, 6.07) is 9.09. The predicted octanol–water partition coefficient (Wildman–Crippen LogP) is 7.59. The first-order valence-corrected chi connectivity index (χ1v) is 10.1. The van der Waals surface area contributed by atoms with E-state index < -0.39 is 0 Å². The van der Waals surface area contributed by atoms with E-state index in [1.807, 2.05) is 0 Å². The number of rotatable bonds is 6. The van der Waals surface area contributed by atoms with Crippen LogP contribution in [0.1, 0.15) is 76.8 Å². The van der Waals surface area contributed by atoms with Crippen molar-refractivity contribution in [3.05, 3.63) is 54.1 Å². The standard InChI is InChI=1S/C24H34.H2/c1-3-4-5-6-20-9-13-22(14-10-20)24-17-15-23(16-18-24)21-11-7-19(2)8-12-21;/h3,7-8,11-12,15,20,22,24H,1,4-6,9-10,13-14,16-18H2,2H3;1H. The van der Waals surface area contributed by atoms with Crippen LogP contribution in [-0.2, 0) is 0 Å². The van der Waals surface area contributed by atoms with Crippen LogP contribution in [0.15, 0.2) is 43.0 Å². The average Bonchev–Trinajstić information content (AvgIpc) is 2.63. The van der Waals surface area contributed by atoms with Gasteiger partial charge < -0.3 is 0 Å². The van der Waals surface area contributed by atoms with Crippen LogP contribution >= 0.6 is 0 Å². The summed E-state index contributed by atoms with van der Waals surface area (Å²) >= 11 is 0. The van der Waals surface area contributed by atoms with Crippen LogP contribution in [0, 0.1) is 24.7 Å². The fraction of sp³-hybridized carbons (Fsp3) is 0.583. The lowest BCUT2D eigenvalue weighted by molar-refractivity contribution is 0.188. The van der Waals surface area contributed by atoms with Gasteiger partial charge in [0, 0.05) is 1.43 Å². The third kappa shape index (κ3) is 4.62. The predicted molar refractivity (Wildman–Crippen MR) is 108 cm³/mol. The van der Waals surface area contributed by atoms with E-state index in [4.69, 9.17) is 0 Å². The highest BCUT2D eigenvalue weighted by Gasteiger charge is 2.28. The van der Waals surface area contributed by atoms with Gasteiger partial charge in [-0.2, -0.15) is 0 Å². The molecule has 0 radical (unpaired) electrons. The highest BCUT2D eigenvalue weighted by atomic mass is 14.3. The number of hydrogen-bond acceptors (Lipinski definition) is 0. The molecule has 3 rings (SSSR count). The molecule has 1 atom stereocenters. The smallest absolute Gasteiger partial charge is 0 e. The van der Waals surface area contributed by atoms with E-state index in [-0.39, 0.29) is 1.43 Å². The van der Waals surface area contributed by atoms with Crippen LogP contribution in [0.2, 0.25) is 0 Å². The van der Waals surface area contributed by atoms with Crippen molar-refractivity contribution in [2.24, 2.45) is 17.8 Å². The highest BCUT2D eigenvalue weighted by molar-refractivity contribution is 5.66. The molecule has 2 aliphatic rings. The summed E-state index contributed by atoms with van der Waals surface area (Å²) in [5.41, 5.74) is 4.40. The third-order valence-corrected chi connectivity index (χ3v) is 6.45. The molecule has 0 amide bonds. The molecule has 2 aliphatic carbocycles. The van der Waals surface area contributed by atoms with Crippen molar-refractivity contribution in [3.63, 3.8) is 0 Å². The molecule has 1 aromatic carbocycles. The topological polar surface area (TPSA) is 0 Å². The molecule has 0 saturated heterocycles. The number of benzene rings is 1. The van der Waals surface area contributed by atoms with Gasteiger partial charge in [-0.25, -0.2) is 0 Å². The first-order chi connectivity index (χ1) is 11.8. The Labute approximate surface area is 150 Å². The molecule has 1 unspecified atom stereocenters. The van der Waals surface area contributed by atoms with Crippen molar-refractivity contribution in [1.29, 1.82) is 0 Å². The first kappa shape index (κ1) is 17.5. The van der Waals surface area contributed by atoms with Crippen LogP contribution < -0.4 is 0 Å². The summed E-state index contributed by atoms with van der Waals surface area (Å²) in [7, 11) is 0. The zero-order chi connectivity index (χ0) is 16.8. The fourth-order valence-corrected chi connectivity index (χ4v) is 4.81. The van der Waals surface area contributed by atoms with Crippen LogP contribution in [0.5, 0.6) is 0 Å². The maximum atomic E-state index is 3.84. The average molecular weight is 325 g/mol. The minimum absolute atomic E-state index is 0. The van der Waals surface area contributed by atoms with Crippen LogP contribution in [-0.4, -0.2) is 0 Å². The Morgan fingerprint density at radius 2 is 1.79 bits per heavy atom. The molecule has 132 valence electrons. The Morgan fingerprint density at radius 3 is 2.42 bits per heavy atom. The first-order valence-electron chi connectivity index (χ1n) is 10.1. The van der Waals surface area contributed by atoms with Crippen molar-refractivity contribution in [2.75, 3.05) is 0 Å². The van der Waals surface area contributed by atoms with Crippen molar-refractivity contribution < 1.29 is 1.43 Å². The van der Waals surface area contributed by atoms with Gasteiger partial charge in [-0.3, -0.25) is 0 Å². The van der Waals surface area contributed by atoms with E-state index in [1.54, 1.807) is 5.57 Å². The summed E-state index contributed by atoms with van der Waals surface area (Å²) in [5.74, 6) is 2.95. The molecular weight excluding hydrogens is 288 g/mol. The molecular formula is C24H36. The van der Waals surface area contributed by atoms with Crippen LogP contribution in [0.3, 0.4) is 0 Å². The minimum atomic E-state index is 0. The zero-order valence-electron chi connectivity index (χ0n) is 15.5. The number of allylic oxidation sites excluding steroid dienone is 3. The molecule has 0 nitrogen and oxygen atoms in total. The molecule has 1 fully saturated rings. The van der Waals surface area contributed by atoms with E-state index in [0.717, 1.165) is 17.8 Å². The molecule has 1 aromatic rings. The van der Waals surface area contributed by atoms with Gasteiger partial charge in [0.2, 0.25) is 0 Å². The molecule has 1 saturated carbocycles. The molecule has 0 N–H and O–H groups in total. The maximum absolute atomic E-state index is 3.84. The maximum Gasteiger partial charge on any atom is 0 e. The molecule has 0 aliphatic heterocycles. The van der Waals surface area contributed by atoms with Gasteiger partial charge in [-0.05, 0) is 80.8 Å². The third-order valence-electron chi connectivity index (χ3n) is 6.45. The second kappa shape index (κ2) is 8.70. The van der Waals surface area contributed by atoms with Gasteiger partial charge in [-0.15, -0.1) is 6.58 Å². The fourth-order valence-electron chi connectivity index (χ4n) is 4.81. The summed E-state index contributed by atoms with van der Waals surface area (Å²) in [5, 5.41) is 0. The van der Waals surface area contributed by atoms with Crippen LogP contribution in [0.4, 0.5) is 0 Å². The number of hydrogen-bond donors (Lipinski definition) is 0. The quantitative estimate of drug-likeness (QED) is 0.373. The van der Waals surface area contributed by atoms with Gasteiger partial charge >= 0.3 is 0 Å². The molecule has 0 bridgehead atoms. The van der Waals surface area contributed by atoms with Gasteiger partial charge in [0.15, 0.2) is 0 Å². The lowest BCUT2D eigenvalue weighted by Gasteiger charge is -2.35. The lowest BCUT2D eigenvalue weighted by Crippen LogP contribution is -2.23. The monoisotopic (exact) mass is 324 g/mol. The van der Waals surface area contributed by atoms with E-state index >= 15 is 0 Å². The van der Waals surface area contributed by atoms with Gasteiger partial charge in [-0.1, -0.05) is 61.2 Å². The molecule has 0 aromatic heterocycles. The molecule has 24 heavy (non-hydrogen) atoms. The molecule has 0 spiro atoms. The summed E-state index contributed by atoms with van der Waals surface area (Å²) in [6.45, 7) is 6.01. The van der Waals surface area contributed by atoms with Crippen LogP contribution in [0.25, 0.3) is 5.57 Å². The Kier molecular flexibility index (Phi) is 6.35. The SMILES string of the molecule is C=CCCCC1CCC(C2CC=C(c3ccc(C)cc3)CC2)CC1.[HH]. The van der Waals surface area contributed by atoms with Gasteiger partial charge in [0.25, 0.3) is 0 Å². The number of unbranched alkanes of at least 4 members (excludes halogenated alkanes) is 1. The molecule has 0 heterocycles. The minimum Gasteiger partial charge on any atom is -0.103 e. The second-order valence-corrected chi connectivity index (χ2v) is 8.13. The van der Waals surface area contributed by atoms with E-state index in [9.17, 15) is 0 Å². The largest absolute Gasteiger partial charge is 0.103 e. The summed E-state index contributed by atoms with van der Waals surface area (Å²) < 4.78 is 0. The second-order valence-electron chi connectivity index (χ2n) is 8.13. The van der Waals surface area contributed by atoms with Crippen molar-refractivity contribution in [2.45, 2.75) is 71.1 Å². The van der Waals surface area contributed by atoms with E-state index in [1.165, 1.54) is 75.3 Å². The Hall–Kier alpha value is -1.30. The summed E-state index contributed by atoms with van der Waals surface area (Å²) in [6.07, 6.45) is 18.5. The number of aryl methyl sites for hydroxylation is 1. The Balaban J connectivity index is 0.00000225. The Morgan fingerprint density at radius 1 is 1.04 bits per heavy atom. The lowest BCUT2D eigenvalue weighted by atomic mass is 9.70.